The van der Waals surface area contributed by atoms with Gasteiger partial charge in [0.2, 0.25) is 0 Å². The van der Waals surface area contributed by atoms with Gasteiger partial charge in [-0.25, -0.2) is 0 Å². The maximum atomic E-state index is 12.4. The molecule has 3 rings (SSSR count). The summed E-state index contributed by atoms with van der Waals surface area (Å²) >= 11 is 0. The van der Waals surface area contributed by atoms with Crippen molar-refractivity contribution in [1.82, 2.24) is 4.90 Å². The lowest BCUT2D eigenvalue weighted by molar-refractivity contribution is 0.0736. The molecule has 1 aromatic carbocycles. The highest BCUT2D eigenvalue weighted by molar-refractivity contribution is 5.94. The molecule has 1 aromatic heterocycles. The zero-order valence-electron chi connectivity index (χ0n) is 10.8. The van der Waals surface area contributed by atoms with Crippen molar-refractivity contribution in [3.8, 4) is 0 Å². The summed E-state index contributed by atoms with van der Waals surface area (Å²) in [5.41, 5.74) is 1.94. The monoisotopic (exact) mass is 255 g/mol. The van der Waals surface area contributed by atoms with Crippen molar-refractivity contribution in [1.29, 1.82) is 0 Å². The minimum absolute atomic E-state index is 0.0900. The van der Waals surface area contributed by atoms with Gasteiger partial charge in [-0.1, -0.05) is 30.3 Å². The summed E-state index contributed by atoms with van der Waals surface area (Å²) in [6.45, 7) is 0.849. The van der Waals surface area contributed by atoms with Gasteiger partial charge in [0, 0.05) is 12.6 Å². The van der Waals surface area contributed by atoms with Gasteiger partial charge in [0.25, 0.3) is 5.91 Å². The Labute approximate surface area is 112 Å². The molecule has 1 aliphatic heterocycles. The van der Waals surface area contributed by atoms with Crippen molar-refractivity contribution < 1.29 is 9.21 Å². The summed E-state index contributed by atoms with van der Waals surface area (Å²) in [5, 5.41) is 0. The summed E-state index contributed by atoms with van der Waals surface area (Å²) in [7, 11) is 0. The number of furan rings is 1. The Morgan fingerprint density at radius 1 is 1.26 bits per heavy atom. The van der Waals surface area contributed by atoms with Crippen LogP contribution in [0.2, 0.25) is 0 Å². The molecular formula is C16H17NO2. The standard InChI is InChI=1S/C16H17NO2/c18-16(14-8-10-19-12-14)17-9-4-7-15(17)11-13-5-2-1-3-6-13/h1-3,5-6,8,10,12,15H,4,7,9,11H2. The quantitative estimate of drug-likeness (QED) is 0.844. The van der Waals surface area contributed by atoms with Crippen LogP contribution in [0.1, 0.15) is 28.8 Å². The van der Waals surface area contributed by atoms with Crippen molar-refractivity contribution in [2.75, 3.05) is 6.54 Å². The number of likely N-dealkylation sites (tertiary alicyclic amines) is 1. The third-order valence-electron chi connectivity index (χ3n) is 3.72. The van der Waals surface area contributed by atoms with Crippen molar-refractivity contribution >= 4 is 5.91 Å². The zero-order chi connectivity index (χ0) is 13.1. The first kappa shape index (κ1) is 12.0. The SMILES string of the molecule is O=C(c1ccoc1)N1CCCC1Cc1ccccc1. The van der Waals surface area contributed by atoms with E-state index in [1.807, 2.05) is 23.1 Å². The van der Waals surface area contributed by atoms with E-state index in [1.54, 1.807) is 12.3 Å². The first-order chi connectivity index (χ1) is 9.34. The number of hydrogen-bond donors (Lipinski definition) is 0. The molecule has 2 heterocycles. The van der Waals surface area contributed by atoms with E-state index < -0.39 is 0 Å². The Morgan fingerprint density at radius 3 is 2.84 bits per heavy atom. The second-order valence-electron chi connectivity index (χ2n) is 5.00. The number of rotatable bonds is 3. The smallest absolute Gasteiger partial charge is 0.257 e. The van der Waals surface area contributed by atoms with Crippen LogP contribution in [-0.4, -0.2) is 23.4 Å². The number of hydrogen-bond acceptors (Lipinski definition) is 2. The fourth-order valence-corrected chi connectivity index (χ4v) is 2.75. The highest BCUT2D eigenvalue weighted by Gasteiger charge is 2.29. The summed E-state index contributed by atoms with van der Waals surface area (Å²) in [6, 6.07) is 12.4. The van der Waals surface area contributed by atoms with Crippen LogP contribution in [0.4, 0.5) is 0 Å². The molecule has 0 aliphatic carbocycles. The second-order valence-corrected chi connectivity index (χ2v) is 5.00. The van der Waals surface area contributed by atoms with Crippen molar-refractivity contribution in [2.24, 2.45) is 0 Å². The van der Waals surface area contributed by atoms with Gasteiger partial charge < -0.3 is 9.32 Å². The van der Waals surface area contributed by atoms with Crippen LogP contribution >= 0.6 is 0 Å². The van der Waals surface area contributed by atoms with Gasteiger partial charge in [-0.3, -0.25) is 4.79 Å². The number of nitrogens with zero attached hydrogens (tertiary/aromatic N) is 1. The number of amides is 1. The van der Waals surface area contributed by atoms with Gasteiger partial charge in [-0.05, 0) is 30.9 Å². The minimum Gasteiger partial charge on any atom is -0.472 e. The summed E-state index contributed by atoms with van der Waals surface area (Å²) in [6.07, 6.45) is 6.18. The van der Waals surface area contributed by atoms with Crippen molar-refractivity contribution in [3.63, 3.8) is 0 Å². The molecule has 1 fully saturated rings. The molecule has 2 aromatic rings. The molecule has 98 valence electrons. The summed E-state index contributed by atoms with van der Waals surface area (Å²) < 4.78 is 5.00. The Hall–Kier alpha value is -2.03. The fraction of sp³-hybridized carbons (Fsp3) is 0.312. The Balaban J connectivity index is 1.73. The Kier molecular flexibility index (Phi) is 3.36. The molecule has 0 spiro atoms. The van der Waals surface area contributed by atoms with Crippen molar-refractivity contribution in [3.05, 3.63) is 60.1 Å². The summed E-state index contributed by atoms with van der Waals surface area (Å²) in [5.74, 6) is 0.0900. The molecule has 0 radical (unpaired) electrons. The lowest BCUT2D eigenvalue weighted by Gasteiger charge is -2.24. The average molecular weight is 255 g/mol. The van der Waals surface area contributed by atoms with Gasteiger partial charge in [0.1, 0.15) is 6.26 Å². The van der Waals surface area contributed by atoms with E-state index in [0.29, 0.717) is 11.6 Å². The maximum Gasteiger partial charge on any atom is 0.257 e. The van der Waals surface area contributed by atoms with Crippen LogP contribution in [-0.2, 0) is 6.42 Å². The topological polar surface area (TPSA) is 33.5 Å². The number of benzene rings is 1. The van der Waals surface area contributed by atoms with E-state index in [2.05, 4.69) is 12.1 Å². The highest BCUT2D eigenvalue weighted by atomic mass is 16.3. The zero-order valence-corrected chi connectivity index (χ0v) is 10.8. The van der Waals surface area contributed by atoms with Crippen LogP contribution in [0.25, 0.3) is 0 Å². The Morgan fingerprint density at radius 2 is 2.11 bits per heavy atom. The molecule has 1 atom stereocenters. The molecule has 1 aliphatic rings. The van der Waals surface area contributed by atoms with E-state index in [4.69, 9.17) is 4.42 Å². The van der Waals surface area contributed by atoms with E-state index >= 15 is 0 Å². The Bertz CT molecular complexity index is 533. The molecule has 0 bridgehead atoms. The summed E-state index contributed by atoms with van der Waals surface area (Å²) in [4.78, 5) is 14.4. The van der Waals surface area contributed by atoms with Crippen LogP contribution in [0.15, 0.2) is 53.3 Å². The van der Waals surface area contributed by atoms with E-state index in [1.165, 1.54) is 11.8 Å². The van der Waals surface area contributed by atoms with Gasteiger partial charge in [-0.15, -0.1) is 0 Å². The fourth-order valence-electron chi connectivity index (χ4n) is 2.75. The van der Waals surface area contributed by atoms with E-state index in [0.717, 1.165) is 25.8 Å². The normalized spacial score (nSPS) is 18.7. The first-order valence-electron chi connectivity index (χ1n) is 6.71. The second kappa shape index (κ2) is 5.31. The molecule has 3 nitrogen and oxygen atoms in total. The third kappa shape index (κ3) is 2.55. The number of carbonyl (C=O) groups is 1. The largest absolute Gasteiger partial charge is 0.472 e. The maximum absolute atomic E-state index is 12.4. The predicted molar refractivity (Wildman–Crippen MR) is 72.9 cm³/mol. The van der Waals surface area contributed by atoms with Crippen molar-refractivity contribution in [2.45, 2.75) is 25.3 Å². The van der Waals surface area contributed by atoms with E-state index in [9.17, 15) is 4.79 Å². The van der Waals surface area contributed by atoms with Crippen LogP contribution < -0.4 is 0 Å². The lowest BCUT2D eigenvalue weighted by atomic mass is 10.0. The van der Waals surface area contributed by atoms with Gasteiger partial charge >= 0.3 is 0 Å². The molecule has 0 saturated carbocycles. The van der Waals surface area contributed by atoms with Gasteiger partial charge in [0.15, 0.2) is 0 Å². The first-order valence-corrected chi connectivity index (χ1v) is 6.71. The highest BCUT2D eigenvalue weighted by Crippen LogP contribution is 2.23. The molecule has 19 heavy (non-hydrogen) atoms. The third-order valence-corrected chi connectivity index (χ3v) is 3.72. The van der Waals surface area contributed by atoms with Gasteiger partial charge in [-0.2, -0.15) is 0 Å². The average Bonchev–Trinajstić information content (AvgIpc) is 3.10. The molecule has 3 heteroatoms. The molecule has 0 N–H and O–H groups in total. The van der Waals surface area contributed by atoms with E-state index in [-0.39, 0.29) is 5.91 Å². The molecule has 1 saturated heterocycles. The molecule has 1 amide bonds. The molecule has 1 unspecified atom stereocenters. The minimum atomic E-state index is 0.0900. The van der Waals surface area contributed by atoms with Crippen LogP contribution in [0, 0.1) is 0 Å². The van der Waals surface area contributed by atoms with Gasteiger partial charge in [0.05, 0.1) is 11.8 Å². The predicted octanol–water partition coefficient (Wildman–Crippen LogP) is 3.13. The lowest BCUT2D eigenvalue weighted by Crippen LogP contribution is -2.36. The number of carbonyl (C=O) groups excluding carboxylic acids is 1. The van der Waals surface area contributed by atoms with Crippen LogP contribution in [0.5, 0.6) is 0 Å². The van der Waals surface area contributed by atoms with Crippen LogP contribution in [0.3, 0.4) is 0 Å². The molecular weight excluding hydrogens is 238 g/mol.